The predicted octanol–water partition coefficient (Wildman–Crippen LogP) is 3.92. The molecule has 0 radical (unpaired) electrons. The van der Waals surface area contributed by atoms with Crippen molar-refractivity contribution in [1.29, 1.82) is 0 Å². The maximum absolute atomic E-state index is 6.48. The summed E-state index contributed by atoms with van der Waals surface area (Å²) in [6.07, 6.45) is 3.38. The second-order valence-electron chi connectivity index (χ2n) is 5.23. The van der Waals surface area contributed by atoms with Crippen molar-refractivity contribution in [2.45, 2.75) is 44.6 Å². The van der Waals surface area contributed by atoms with Crippen molar-refractivity contribution in [3.8, 4) is 5.75 Å². The number of ether oxygens (including phenoxy) is 1. The molecule has 2 nitrogen and oxygen atoms in total. The van der Waals surface area contributed by atoms with E-state index < -0.39 is 0 Å². The zero-order valence-electron chi connectivity index (χ0n) is 10.7. The molecule has 94 valence electrons. The highest BCUT2D eigenvalue weighted by Crippen LogP contribution is 2.45. The molecule has 1 saturated carbocycles. The summed E-state index contributed by atoms with van der Waals surface area (Å²) in [7, 11) is 1.72. The second kappa shape index (κ2) is 4.62. The SMILES string of the molecule is COc1cc(Br)cc(C2(N)CCC2)c1C(C)C. The Morgan fingerprint density at radius 3 is 2.41 bits per heavy atom. The Hall–Kier alpha value is -0.540. The Bertz CT molecular complexity index is 424. The maximum Gasteiger partial charge on any atom is 0.123 e. The number of hydrogen-bond donors (Lipinski definition) is 1. The summed E-state index contributed by atoms with van der Waals surface area (Å²) in [5.74, 6) is 1.37. The van der Waals surface area contributed by atoms with Crippen LogP contribution in [0.2, 0.25) is 0 Å². The van der Waals surface area contributed by atoms with Gasteiger partial charge in [0.2, 0.25) is 0 Å². The van der Waals surface area contributed by atoms with Crippen LogP contribution >= 0.6 is 15.9 Å². The van der Waals surface area contributed by atoms with Gasteiger partial charge in [0.25, 0.3) is 0 Å². The minimum Gasteiger partial charge on any atom is -0.496 e. The molecule has 2 rings (SSSR count). The molecule has 3 heteroatoms. The van der Waals surface area contributed by atoms with Crippen LogP contribution < -0.4 is 10.5 Å². The summed E-state index contributed by atoms with van der Waals surface area (Å²) in [6.45, 7) is 4.38. The van der Waals surface area contributed by atoms with E-state index in [9.17, 15) is 0 Å². The first-order valence-electron chi connectivity index (χ1n) is 6.15. The molecule has 0 aromatic heterocycles. The van der Waals surface area contributed by atoms with E-state index in [-0.39, 0.29) is 5.54 Å². The van der Waals surface area contributed by atoms with Gasteiger partial charge in [-0.3, -0.25) is 0 Å². The van der Waals surface area contributed by atoms with Gasteiger partial charge in [-0.1, -0.05) is 29.8 Å². The summed E-state index contributed by atoms with van der Waals surface area (Å²) in [5.41, 5.74) is 8.85. The molecule has 0 heterocycles. The zero-order chi connectivity index (χ0) is 12.6. The fourth-order valence-electron chi connectivity index (χ4n) is 2.60. The topological polar surface area (TPSA) is 35.2 Å². The number of methoxy groups -OCH3 is 1. The van der Waals surface area contributed by atoms with E-state index in [2.05, 4.69) is 35.8 Å². The minimum absolute atomic E-state index is 0.142. The number of hydrogen-bond acceptors (Lipinski definition) is 2. The van der Waals surface area contributed by atoms with Crippen LogP contribution in [0.15, 0.2) is 16.6 Å². The number of nitrogens with two attached hydrogens (primary N) is 1. The van der Waals surface area contributed by atoms with Crippen LogP contribution in [0.25, 0.3) is 0 Å². The van der Waals surface area contributed by atoms with Crippen molar-refractivity contribution in [3.05, 3.63) is 27.7 Å². The normalized spacial score (nSPS) is 18.0. The molecular weight excluding hydrogens is 278 g/mol. The van der Waals surface area contributed by atoms with E-state index >= 15 is 0 Å². The lowest BCUT2D eigenvalue weighted by Crippen LogP contribution is -2.44. The lowest BCUT2D eigenvalue weighted by molar-refractivity contribution is 0.249. The van der Waals surface area contributed by atoms with Crippen molar-refractivity contribution < 1.29 is 4.74 Å². The molecule has 0 atom stereocenters. The molecule has 0 saturated heterocycles. The van der Waals surface area contributed by atoms with Crippen molar-refractivity contribution in [2.24, 2.45) is 5.73 Å². The van der Waals surface area contributed by atoms with Crippen molar-refractivity contribution in [2.75, 3.05) is 7.11 Å². The van der Waals surface area contributed by atoms with Crippen molar-refractivity contribution in [1.82, 2.24) is 0 Å². The first-order valence-corrected chi connectivity index (χ1v) is 6.94. The van der Waals surface area contributed by atoms with Gasteiger partial charge in [-0.15, -0.1) is 0 Å². The minimum atomic E-state index is -0.142. The van der Waals surface area contributed by atoms with E-state index in [1.807, 2.05) is 6.07 Å². The third kappa shape index (κ3) is 2.23. The Morgan fingerprint density at radius 1 is 1.35 bits per heavy atom. The molecule has 2 N–H and O–H groups in total. The highest BCUT2D eigenvalue weighted by molar-refractivity contribution is 9.10. The van der Waals surface area contributed by atoms with Crippen LogP contribution in [0.4, 0.5) is 0 Å². The number of halogens is 1. The molecule has 1 aromatic carbocycles. The molecular formula is C14H20BrNO. The first kappa shape index (κ1) is 12.9. The highest BCUT2D eigenvalue weighted by Gasteiger charge is 2.37. The zero-order valence-corrected chi connectivity index (χ0v) is 12.3. The van der Waals surface area contributed by atoms with E-state index in [0.717, 1.165) is 23.1 Å². The van der Waals surface area contributed by atoms with E-state index in [1.165, 1.54) is 17.5 Å². The Kier molecular flexibility index (Phi) is 3.50. The Balaban J connectivity index is 2.59. The lowest BCUT2D eigenvalue weighted by atomic mass is 9.70. The van der Waals surface area contributed by atoms with Crippen LogP contribution in [0.5, 0.6) is 5.75 Å². The summed E-state index contributed by atoms with van der Waals surface area (Å²) < 4.78 is 6.55. The third-order valence-electron chi connectivity index (χ3n) is 3.69. The van der Waals surface area contributed by atoms with Crippen LogP contribution in [-0.2, 0) is 5.54 Å². The van der Waals surface area contributed by atoms with Gasteiger partial charge < -0.3 is 10.5 Å². The molecule has 1 aromatic rings. The van der Waals surface area contributed by atoms with E-state index in [0.29, 0.717) is 5.92 Å². The van der Waals surface area contributed by atoms with Crippen LogP contribution in [-0.4, -0.2) is 7.11 Å². The Labute approximate surface area is 112 Å². The summed E-state index contributed by atoms with van der Waals surface area (Å²) in [5, 5.41) is 0. The molecule has 1 fully saturated rings. The summed E-state index contributed by atoms with van der Waals surface area (Å²) >= 11 is 3.55. The van der Waals surface area contributed by atoms with Gasteiger partial charge in [0.1, 0.15) is 5.75 Å². The van der Waals surface area contributed by atoms with Gasteiger partial charge in [0.05, 0.1) is 7.11 Å². The highest BCUT2D eigenvalue weighted by atomic mass is 79.9. The van der Waals surface area contributed by atoms with Gasteiger partial charge in [-0.25, -0.2) is 0 Å². The monoisotopic (exact) mass is 297 g/mol. The predicted molar refractivity (Wildman–Crippen MR) is 74.5 cm³/mol. The molecule has 0 spiro atoms. The van der Waals surface area contributed by atoms with Gasteiger partial charge in [-0.05, 0) is 42.9 Å². The fraction of sp³-hybridized carbons (Fsp3) is 0.571. The van der Waals surface area contributed by atoms with Crippen LogP contribution in [0, 0.1) is 0 Å². The molecule has 0 amide bonds. The van der Waals surface area contributed by atoms with Crippen LogP contribution in [0.1, 0.15) is 50.2 Å². The average molecular weight is 298 g/mol. The second-order valence-corrected chi connectivity index (χ2v) is 6.15. The molecule has 0 bridgehead atoms. The third-order valence-corrected chi connectivity index (χ3v) is 4.14. The number of benzene rings is 1. The van der Waals surface area contributed by atoms with E-state index in [4.69, 9.17) is 10.5 Å². The van der Waals surface area contributed by atoms with Crippen molar-refractivity contribution >= 4 is 15.9 Å². The summed E-state index contributed by atoms with van der Waals surface area (Å²) in [6, 6.07) is 4.19. The molecule has 1 aliphatic carbocycles. The van der Waals surface area contributed by atoms with Crippen molar-refractivity contribution in [3.63, 3.8) is 0 Å². The van der Waals surface area contributed by atoms with Gasteiger partial charge in [0, 0.05) is 15.6 Å². The van der Waals surface area contributed by atoms with Crippen LogP contribution in [0.3, 0.4) is 0 Å². The summed E-state index contributed by atoms with van der Waals surface area (Å²) in [4.78, 5) is 0. The quantitative estimate of drug-likeness (QED) is 0.918. The fourth-order valence-corrected chi connectivity index (χ4v) is 3.03. The first-order chi connectivity index (χ1) is 7.98. The van der Waals surface area contributed by atoms with E-state index in [1.54, 1.807) is 7.11 Å². The molecule has 0 aliphatic heterocycles. The number of rotatable bonds is 3. The van der Waals surface area contributed by atoms with Gasteiger partial charge in [0.15, 0.2) is 0 Å². The smallest absolute Gasteiger partial charge is 0.123 e. The molecule has 17 heavy (non-hydrogen) atoms. The largest absolute Gasteiger partial charge is 0.496 e. The molecule has 0 unspecified atom stereocenters. The average Bonchev–Trinajstić information content (AvgIpc) is 2.24. The molecule has 1 aliphatic rings. The van der Waals surface area contributed by atoms with Gasteiger partial charge >= 0.3 is 0 Å². The Morgan fingerprint density at radius 2 is 2.00 bits per heavy atom. The lowest BCUT2D eigenvalue weighted by Gasteiger charge is -2.41. The van der Waals surface area contributed by atoms with Gasteiger partial charge in [-0.2, -0.15) is 0 Å². The standard InChI is InChI=1S/C14H20BrNO/c1-9(2)13-11(14(16)5-4-6-14)7-10(15)8-12(13)17-3/h7-9H,4-6,16H2,1-3H3. The maximum atomic E-state index is 6.48.